The van der Waals surface area contributed by atoms with Gasteiger partial charge in [-0.25, -0.2) is 4.39 Å². The smallest absolute Gasteiger partial charge is 0.394 e. The molecule has 3 heterocycles. The van der Waals surface area contributed by atoms with Gasteiger partial charge >= 0.3 is 12.0 Å². The maximum Gasteiger partial charge on any atom is 0.394 e. The van der Waals surface area contributed by atoms with Crippen molar-refractivity contribution in [1.82, 2.24) is 9.88 Å². The van der Waals surface area contributed by atoms with Gasteiger partial charge in [0.1, 0.15) is 17.4 Å². The number of Topliss-reactive ketones (excluding diaryl/α,β-unsaturated/α-hetero) is 1. The van der Waals surface area contributed by atoms with Gasteiger partial charge in [0.05, 0.1) is 18.0 Å². The van der Waals surface area contributed by atoms with E-state index in [-0.39, 0.29) is 48.9 Å². The van der Waals surface area contributed by atoms with Crippen LogP contribution in [0.3, 0.4) is 0 Å². The number of benzene rings is 2. The Labute approximate surface area is 243 Å². The summed E-state index contributed by atoms with van der Waals surface area (Å²) in [4.78, 5) is 46.4. The van der Waals surface area contributed by atoms with Crippen LogP contribution in [-0.2, 0) is 20.8 Å². The van der Waals surface area contributed by atoms with Crippen molar-refractivity contribution in [3.05, 3.63) is 72.1 Å². The summed E-state index contributed by atoms with van der Waals surface area (Å²) in [5, 5.41) is 10.1. The van der Waals surface area contributed by atoms with Crippen LogP contribution in [0.15, 0.2) is 65.1 Å². The summed E-state index contributed by atoms with van der Waals surface area (Å²) in [5.41, 5.74) is 0.793. The molecule has 3 aromatic rings. The fourth-order valence-electron chi connectivity index (χ4n) is 6.60. The molecule has 1 aliphatic carbocycles. The second-order valence-electron chi connectivity index (χ2n) is 11.9. The average Bonchev–Trinajstić information content (AvgIpc) is 3.28. The van der Waals surface area contributed by atoms with E-state index in [2.05, 4.69) is 4.98 Å². The molecule has 3 aliphatic rings. The number of fused-ring (bicyclic) bond motifs is 3. The molecule has 0 unspecified atom stereocenters. The number of hydrogen-bond acceptors (Lipinski definition) is 6. The Morgan fingerprint density at radius 1 is 1.14 bits per heavy atom. The molecule has 0 spiro atoms. The number of ketones is 1. The first-order valence-electron chi connectivity index (χ1n) is 14.8. The maximum atomic E-state index is 14.2. The predicted molar refractivity (Wildman–Crippen MR) is 152 cm³/mol. The number of ether oxygens (including phenoxy) is 1. The first kappa shape index (κ1) is 28.1. The summed E-state index contributed by atoms with van der Waals surface area (Å²) in [7, 11) is 0. The standard InChI is InChI=1S/C33H35FN2O6/c34-24-12-8-9-21(16-24)15-22-10-4-2-1-3-5-11-23-18-33(23,31(39)40)19-28(37)27-17-25(20-36(27)30(22)38)41-32-35-26-13-6-7-14-29(26)42-32/h5-9,11-14,16,22-23,25,27H,1-4,10,15,17-20H2,(H,39,40)/b11-5-/t22-,23-,25-,27+,33-/m1/s1. The highest BCUT2D eigenvalue weighted by Gasteiger charge is 2.61. The van der Waals surface area contributed by atoms with Crippen LogP contribution in [0, 0.1) is 23.1 Å². The van der Waals surface area contributed by atoms with Crippen LogP contribution >= 0.6 is 0 Å². The highest BCUT2D eigenvalue weighted by molar-refractivity contribution is 5.95. The molecular weight excluding hydrogens is 539 g/mol. The van der Waals surface area contributed by atoms with Crippen LogP contribution < -0.4 is 4.74 Å². The summed E-state index contributed by atoms with van der Waals surface area (Å²) in [6.07, 6.45) is 8.41. The number of carboxylic acid groups (broad SMARTS) is 1. The number of rotatable bonds is 5. The summed E-state index contributed by atoms with van der Waals surface area (Å²) in [6.45, 7) is 0.150. The number of aromatic nitrogens is 1. The van der Waals surface area contributed by atoms with E-state index in [1.807, 2.05) is 30.4 Å². The van der Waals surface area contributed by atoms with E-state index < -0.39 is 29.4 Å². The maximum absolute atomic E-state index is 14.2. The zero-order valence-electron chi connectivity index (χ0n) is 23.4. The summed E-state index contributed by atoms with van der Waals surface area (Å²) < 4.78 is 25.8. The number of halogens is 1. The van der Waals surface area contributed by atoms with E-state index in [1.165, 1.54) is 12.1 Å². The van der Waals surface area contributed by atoms with Crippen molar-refractivity contribution in [2.45, 2.75) is 69.9 Å². The van der Waals surface area contributed by atoms with Crippen molar-refractivity contribution in [3.8, 4) is 6.08 Å². The lowest BCUT2D eigenvalue weighted by Gasteiger charge is -2.29. The zero-order valence-corrected chi connectivity index (χ0v) is 23.4. The molecular formula is C33H35FN2O6. The number of hydrogen-bond donors (Lipinski definition) is 1. The fraction of sp³-hybridized carbons (Fsp3) is 0.455. The Balaban J connectivity index is 1.29. The Bertz CT molecular complexity index is 1480. The Morgan fingerprint density at radius 2 is 2.00 bits per heavy atom. The zero-order chi connectivity index (χ0) is 29.3. The third-order valence-electron chi connectivity index (χ3n) is 9.02. The molecule has 8 nitrogen and oxygen atoms in total. The van der Waals surface area contributed by atoms with Crippen LogP contribution in [0.2, 0.25) is 0 Å². The molecule has 1 saturated heterocycles. The van der Waals surface area contributed by atoms with Crippen molar-refractivity contribution in [2.75, 3.05) is 6.54 Å². The molecule has 1 N–H and O–H groups in total. The van der Waals surface area contributed by atoms with E-state index in [9.17, 15) is 23.9 Å². The van der Waals surface area contributed by atoms with Gasteiger partial charge in [-0.1, -0.05) is 49.3 Å². The van der Waals surface area contributed by atoms with Gasteiger partial charge in [-0.3, -0.25) is 14.4 Å². The minimum Gasteiger partial charge on any atom is -0.481 e. The number of carbonyl (C=O) groups is 3. The van der Waals surface area contributed by atoms with Gasteiger partial charge in [-0.05, 0) is 67.9 Å². The molecule has 2 aliphatic heterocycles. The van der Waals surface area contributed by atoms with E-state index in [0.29, 0.717) is 30.4 Å². The van der Waals surface area contributed by atoms with Gasteiger partial charge in [0.15, 0.2) is 11.4 Å². The quantitative estimate of drug-likeness (QED) is 0.387. The highest BCUT2D eigenvalue weighted by Crippen LogP contribution is 2.57. The molecule has 2 aromatic carbocycles. The van der Waals surface area contributed by atoms with Crippen molar-refractivity contribution in [1.29, 1.82) is 0 Å². The van der Waals surface area contributed by atoms with E-state index >= 15 is 0 Å². The summed E-state index contributed by atoms with van der Waals surface area (Å²) in [6, 6.07) is 12.7. The number of para-hydroxylation sites is 2. The summed E-state index contributed by atoms with van der Waals surface area (Å²) in [5.74, 6) is -2.44. The lowest BCUT2D eigenvalue weighted by molar-refractivity contribution is -0.147. The second kappa shape index (κ2) is 11.7. The largest absolute Gasteiger partial charge is 0.481 e. The number of aliphatic carboxylic acids is 1. The number of carboxylic acids is 1. The van der Waals surface area contributed by atoms with E-state index in [1.54, 1.807) is 23.1 Å². The minimum atomic E-state index is -1.14. The molecule has 1 saturated carbocycles. The molecule has 220 valence electrons. The van der Waals surface area contributed by atoms with Gasteiger partial charge in [0.2, 0.25) is 5.91 Å². The summed E-state index contributed by atoms with van der Waals surface area (Å²) >= 11 is 0. The molecule has 1 amide bonds. The third-order valence-corrected chi connectivity index (χ3v) is 9.02. The van der Waals surface area contributed by atoms with Crippen molar-refractivity contribution in [2.24, 2.45) is 17.3 Å². The van der Waals surface area contributed by atoms with Crippen molar-refractivity contribution in [3.63, 3.8) is 0 Å². The van der Waals surface area contributed by atoms with Crippen LogP contribution in [0.25, 0.3) is 11.1 Å². The van der Waals surface area contributed by atoms with E-state index in [0.717, 1.165) is 31.2 Å². The van der Waals surface area contributed by atoms with Gasteiger partial charge in [0.25, 0.3) is 0 Å². The molecule has 5 atom stereocenters. The first-order valence-corrected chi connectivity index (χ1v) is 14.8. The number of amides is 1. The van der Waals surface area contributed by atoms with Crippen molar-refractivity contribution < 1.29 is 33.0 Å². The lowest BCUT2D eigenvalue weighted by Crippen LogP contribution is -2.45. The molecule has 9 heteroatoms. The first-order chi connectivity index (χ1) is 20.3. The third kappa shape index (κ3) is 5.82. The molecule has 0 radical (unpaired) electrons. The van der Waals surface area contributed by atoms with E-state index in [4.69, 9.17) is 9.15 Å². The molecule has 1 aromatic heterocycles. The van der Waals surface area contributed by atoms with Gasteiger partial charge < -0.3 is 19.2 Å². The second-order valence-corrected chi connectivity index (χ2v) is 11.9. The average molecular weight is 575 g/mol. The van der Waals surface area contributed by atoms with Gasteiger partial charge in [-0.15, -0.1) is 0 Å². The Kier molecular flexibility index (Phi) is 7.84. The number of allylic oxidation sites excluding steroid dienone is 2. The number of nitrogens with zero attached hydrogens (tertiary/aromatic N) is 2. The highest BCUT2D eigenvalue weighted by atomic mass is 19.1. The topological polar surface area (TPSA) is 110 Å². The van der Waals surface area contributed by atoms with Crippen LogP contribution in [0.5, 0.6) is 6.08 Å². The van der Waals surface area contributed by atoms with Crippen LogP contribution in [0.4, 0.5) is 4.39 Å². The molecule has 42 heavy (non-hydrogen) atoms. The Hall–Kier alpha value is -4.01. The van der Waals surface area contributed by atoms with Gasteiger partial charge in [-0.2, -0.15) is 4.98 Å². The normalized spacial score (nSPS) is 29.3. The SMILES string of the molecule is O=C1C[C@]2(C(=O)O)C[C@H]2/C=C\CCCCC[C@H](Cc2cccc(F)c2)C(=O)N2C[C@H](Oc3nc4ccccc4o3)C[C@@H]12. The number of carbonyl (C=O) groups excluding carboxylic acids is 2. The predicted octanol–water partition coefficient (Wildman–Crippen LogP) is 5.74. The molecule has 6 rings (SSSR count). The van der Waals surface area contributed by atoms with Crippen LogP contribution in [-0.4, -0.2) is 51.3 Å². The Morgan fingerprint density at radius 3 is 2.81 bits per heavy atom. The molecule has 0 bridgehead atoms. The fourth-order valence-corrected chi connectivity index (χ4v) is 6.60. The number of oxazole rings is 1. The monoisotopic (exact) mass is 574 g/mol. The minimum absolute atomic E-state index is 0.0644. The molecule has 2 fully saturated rings. The van der Waals surface area contributed by atoms with Crippen LogP contribution in [0.1, 0.15) is 56.9 Å². The van der Waals surface area contributed by atoms with Crippen molar-refractivity contribution >= 4 is 28.8 Å². The lowest BCUT2D eigenvalue weighted by atomic mass is 9.90. The van der Waals surface area contributed by atoms with Gasteiger partial charge in [0, 0.05) is 18.8 Å².